The van der Waals surface area contributed by atoms with Gasteiger partial charge in [0.15, 0.2) is 6.10 Å². The van der Waals surface area contributed by atoms with E-state index in [1.54, 1.807) is 40.7 Å². The van der Waals surface area contributed by atoms with Gasteiger partial charge in [0.05, 0.1) is 11.4 Å². The summed E-state index contributed by atoms with van der Waals surface area (Å²) in [4.78, 5) is 35.0. The van der Waals surface area contributed by atoms with Gasteiger partial charge in [-0.1, -0.05) is 35.9 Å². The van der Waals surface area contributed by atoms with Gasteiger partial charge in [-0.2, -0.15) is 0 Å². The van der Waals surface area contributed by atoms with Crippen LogP contribution >= 0.6 is 22.9 Å². The van der Waals surface area contributed by atoms with Crippen LogP contribution < -0.4 is 9.96 Å². The molecule has 5 nitrogen and oxygen atoms in total. The number of rotatable bonds is 3. The maximum atomic E-state index is 13.4. The highest BCUT2D eigenvalue weighted by Gasteiger charge is 2.60. The number of nitrogens with zero attached hydrogens (tertiary/aromatic N) is 2. The minimum atomic E-state index is -0.857. The molecule has 3 heterocycles. The van der Waals surface area contributed by atoms with Crippen LogP contribution in [-0.4, -0.2) is 17.9 Å². The Morgan fingerprint density at radius 2 is 1.72 bits per heavy atom. The number of carbonyl (C=O) groups is 2. The largest absolute Gasteiger partial charge is 0.273 e. The van der Waals surface area contributed by atoms with Gasteiger partial charge in [-0.15, -0.1) is 11.3 Å². The Morgan fingerprint density at radius 3 is 2.41 bits per heavy atom. The van der Waals surface area contributed by atoms with Crippen molar-refractivity contribution in [1.29, 1.82) is 0 Å². The molecular formula is C22H17ClN2O3S. The normalized spacial score (nSPS) is 23.7. The Labute approximate surface area is 177 Å². The van der Waals surface area contributed by atoms with Crippen molar-refractivity contribution in [2.24, 2.45) is 5.92 Å². The SMILES string of the molecule is Cc1ccccc1N1OC2C(=O)N(c3ccc(Cl)cc3)C(=O)C2C1c1cccs1. The topological polar surface area (TPSA) is 49.9 Å². The number of hydrogen-bond donors (Lipinski definition) is 0. The Balaban J connectivity index is 1.58. The average Bonchev–Trinajstić information content (AvgIpc) is 3.41. The number of para-hydroxylation sites is 1. The summed E-state index contributed by atoms with van der Waals surface area (Å²) in [5.74, 6) is -1.21. The summed E-state index contributed by atoms with van der Waals surface area (Å²) in [6, 6.07) is 18.1. The predicted molar refractivity (Wildman–Crippen MR) is 113 cm³/mol. The van der Waals surface area contributed by atoms with Crippen molar-refractivity contribution in [1.82, 2.24) is 0 Å². The quantitative estimate of drug-likeness (QED) is 0.569. The van der Waals surface area contributed by atoms with Gasteiger partial charge in [-0.3, -0.25) is 14.4 Å². The first-order valence-corrected chi connectivity index (χ1v) is 10.5. The molecule has 0 saturated carbocycles. The van der Waals surface area contributed by atoms with Crippen molar-refractivity contribution >= 4 is 46.1 Å². The molecule has 0 aliphatic carbocycles. The van der Waals surface area contributed by atoms with Gasteiger partial charge < -0.3 is 0 Å². The van der Waals surface area contributed by atoms with Gasteiger partial charge in [0.25, 0.3) is 5.91 Å². The number of benzene rings is 2. The number of anilines is 2. The van der Waals surface area contributed by atoms with E-state index in [0.717, 1.165) is 16.1 Å². The van der Waals surface area contributed by atoms with Crippen LogP contribution in [0.25, 0.3) is 0 Å². The minimum absolute atomic E-state index is 0.253. The van der Waals surface area contributed by atoms with Gasteiger partial charge in [0.2, 0.25) is 5.91 Å². The van der Waals surface area contributed by atoms with E-state index < -0.39 is 12.0 Å². The molecule has 1 aromatic heterocycles. The number of amides is 2. The van der Waals surface area contributed by atoms with E-state index in [1.165, 1.54) is 4.90 Å². The molecule has 3 unspecified atom stereocenters. The fourth-order valence-electron chi connectivity index (χ4n) is 4.03. The molecule has 2 amide bonds. The molecule has 7 heteroatoms. The Morgan fingerprint density at radius 1 is 0.966 bits per heavy atom. The zero-order valence-electron chi connectivity index (χ0n) is 15.5. The third-order valence-corrected chi connectivity index (χ3v) is 6.58. The monoisotopic (exact) mass is 424 g/mol. The van der Waals surface area contributed by atoms with Crippen molar-refractivity contribution in [3.05, 3.63) is 81.5 Å². The lowest BCUT2D eigenvalue weighted by molar-refractivity contribution is -0.126. The molecule has 146 valence electrons. The molecule has 0 radical (unpaired) electrons. The minimum Gasteiger partial charge on any atom is -0.273 e. The van der Waals surface area contributed by atoms with Gasteiger partial charge in [0.1, 0.15) is 12.0 Å². The first-order valence-electron chi connectivity index (χ1n) is 9.24. The number of halogens is 1. The van der Waals surface area contributed by atoms with Gasteiger partial charge in [-0.05, 0) is 54.3 Å². The second-order valence-corrected chi connectivity index (χ2v) is 8.53. The third-order valence-electron chi connectivity index (χ3n) is 5.39. The van der Waals surface area contributed by atoms with E-state index >= 15 is 0 Å². The maximum absolute atomic E-state index is 13.4. The van der Waals surface area contributed by atoms with Crippen molar-refractivity contribution < 1.29 is 14.4 Å². The van der Waals surface area contributed by atoms with E-state index in [0.29, 0.717) is 10.7 Å². The summed E-state index contributed by atoms with van der Waals surface area (Å²) < 4.78 is 0. The maximum Gasteiger partial charge on any atom is 0.266 e. The fourth-order valence-corrected chi connectivity index (χ4v) is 5.01. The summed E-state index contributed by atoms with van der Waals surface area (Å²) in [5.41, 5.74) is 2.39. The van der Waals surface area contributed by atoms with Crippen LogP contribution in [0, 0.1) is 12.8 Å². The number of hydroxylamine groups is 1. The zero-order chi connectivity index (χ0) is 20.1. The summed E-state index contributed by atoms with van der Waals surface area (Å²) in [5, 5.41) is 4.26. The molecule has 29 heavy (non-hydrogen) atoms. The van der Waals surface area contributed by atoms with Crippen molar-refractivity contribution in [3.8, 4) is 0 Å². The molecule has 2 fully saturated rings. The lowest BCUT2D eigenvalue weighted by atomic mass is 9.95. The van der Waals surface area contributed by atoms with Gasteiger partial charge in [-0.25, -0.2) is 9.96 Å². The number of thiophene rings is 1. The van der Waals surface area contributed by atoms with Crippen LogP contribution in [0.4, 0.5) is 11.4 Å². The van der Waals surface area contributed by atoms with E-state index in [4.69, 9.17) is 16.4 Å². The number of fused-ring (bicyclic) bond motifs is 1. The van der Waals surface area contributed by atoms with Crippen LogP contribution in [-0.2, 0) is 14.4 Å². The molecule has 5 rings (SSSR count). The van der Waals surface area contributed by atoms with Crippen LogP contribution in [0.5, 0.6) is 0 Å². The van der Waals surface area contributed by atoms with Crippen molar-refractivity contribution in [3.63, 3.8) is 0 Å². The Kier molecular flexibility index (Phi) is 4.42. The molecule has 0 N–H and O–H groups in total. The molecule has 2 aromatic carbocycles. The zero-order valence-corrected chi connectivity index (χ0v) is 17.1. The van der Waals surface area contributed by atoms with Crippen LogP contribution in [0.1, 0.15) is 16.5 Å². The number of carbonyl (C=O) groups excluding carboxylic acids is 2. The van der Waals surface area contributed by atoms with Gasteiger partial charge in [0, 0.05) is 9.90 Å². The van der Waals surface area contributed by atoms with E-state index in [1.807, 2.05) is 48.7 Å². The molecule has 3 atom stereocenters. The molecule has 0 bridgehead atoms. The fraction of sp³-hybridized carbons (Fsp3) is 0.182. The van der Waals surface area contributed by atoms with Crippen LogP contribution in [0.2, 0.25) is 5.02 Å². The van der Waals surface area contributed by atoms with Crippen molar-refractivity contribution in [2.45, 2.75) is 19.1 Å². The molecule has 0 spiro atoms. The third kappa shape index (κ3) is 2.87. The van der Waals surface area contributed by atoms with E-state index in [-0.39, 0.29) is 17.9 Å². The highest BCUT2D eigenvalue weighted by Crippen LogP contribution is 2.49. The second kappa shape index (κ2) is 6.99. The number of hydrogen-bond acceptors (Lipinski definition) is 5. The van der Waals surface area contributed by atoms with E-state index in [2.05, 4.69) is 0 Å². The van der Waals surface area contributed by atoms with Gasteiger partial charge >= 0.3 is 0 Å². The highest BCUT2D eigenvalue weighted by molar-refractivity contribution is 7.10. The first-order chi connectivity index (χ1) is 14.1. The lowest BCUT2D eigenvalue weighted by Crippen LogP contribution is -2.37. The lowest BCUT2D eigenvalue weighted by Gasteiger charge is -2.28. The number of imide groups is 1. The summed E-state index contributed by atoms with van der Waals surface area (Å²) in [7, 11) is 0. The predicted octanol–water partition coefficient (Wildman–Crippen LogP) is 4.76. The molecule has 2 aliphatic heterocycles. The molecule has 2 saturated heterocycles. The summed E-state index contributed by atoms with van der Waals surface area (Å²) in [6.07, 6.45) is -0.857. The smallest absolute Gasteiger partial charge is 0.266 e. The summed E-state index contributed by atoms with van der Waals surface area (Å²) >= 11 is 7.52. The molecule has 2 aliphatic rings. The van der Waals surface area contributed by atoms with Crippen LogP contribution in [0.15, 0.2) is 66.0 Å². The summed E-state index contributed by atoms with van der Waals surface area (Å²) in [6.45, 7) is 1.99. The highest BCUT2D eigenvalue weighted by atomic mass is 35.5. The number of aryl methyl sites for hydroxylation is 1. The van der Waals surface area contributed by atoms with E-state index in [9.17, 15) is 9.59 Å². The first kappa shape index (κ1) is 18.4. The molecular weight excluding hydrogens is 408 g/mol. The Bertz CT molecular complexity index is 1080. The second-order valence-electron chi connectivity index (χ2n) is 7.11. The standard InChI is InChI=1S/C22H17ClN2O3S/c1-13-5-2-3-6-16(13)25-19(17-7-4-12-29-17)18-20(28-25)22(27)24(21(18)26)15-10-8-14(23)9-11-15/h2-12,18-20H,1H3. The van der Waals surface area contributed by atoms with Crippen molar-refractivity contribution in [2.75, 3.05) is 9.96 Å². The Hall–Kier alpha value is -2.67. The van der Waals surface area contributed by atoms with Crippen LogP contribution in [0.3, 0.4) is 0 Å². The molecule has 3 aromatic rings. The average molecular weight is 425 g/mol.